The third-order valence-electron chi connectivity index (χ3n) is 8.85. The van der Waals surface area contributed by atoms with Crippen LogP contribution in [-0.4, -0.2) is 28.3 Å². The first-order valence-electron chi connectivity index (χ1n) is 14.4. The number of halogens is 3. The van der Waals surface area contributed by atoms with Crippen LogP contribution in [-0.2, 0) is 12.0 Å². The number of fused-ring (bicyclic) bond motifs is 3. The van der Waals surface area contributed by atoms with E-state index in [1.807, 2.05) is 30.3 Å². The monoisotopic (exact) mass is 618 g/mol. The van der Waals surface area contributed by atoms with Gasteiger partial charge in [-0.2, -0.15) is 5.10 Å². The van der Waals surface area contributed by atoms with E-state index >= 15 is 8.78 Å². The maximum absolute atomic E-state index is 16.8. The van der Waals surface area contributed by atoms with Gasteiger partial charge in [-0.05, 0) is 43.9 Å². The largest absolute Gasteiger partial charge is 0.480 e. The van der Waals surface area contributed by atoms with Crippen LogP contribution in [0, 0.1) is 11.6 Å². The van der Waals surface area contributed by atoms with Crippen LogP contribution >= 0.6 is 11.6 Å². The van der Waals surface area contributed by atoms with E-state index in [4.69, 9.17) is 31.5 Å². The maximum Gasteiger partial charge on any atom is 0.313 e. The van der Waals surface area contributed by atoms with E-state index in [1.165, 1.54) is 23.0 Å². The van der Waals surface area contributed by atoms with Gasteiger partial charge in [0.15, 0.2) is 22.9 Å². The molecule has 2 fully saturated rings. The van der Waals surface area contributed by atoms with Crippen molar-refractivity contribution in [1.82, 2.24) is 15.1 Å². The number of primary amides is 1. The zero-order chi connectivity index (χ0) is 30.3. The molecule has 1 amide bonds. The first-order valence-corrected chi connectivity index (χ1v) is 14.8. The lowest BCUT2D eigenvalue weighted by Crippen LogP contribution is -2.48. The average Bonchev–Trinajstić information content (AvgIpc) is 3.55. The minimum absolute atomic E-state index is 0.0308. The number of benzene rings is 3. The number of amides is 1. The minimum Gasteiger partial charge on any atom is -0.480 e. The fourth-order valence-corrected chi connectivity index (χ4v) is 6.91. The second-order valence-electron chi connectivity index (χ2n) is 11.5. The number of carbonyl (C=O) groups excluding carboxylic acids is 1. The normalized spacial score (nSPS) is 21.5. The van der Waals surface area contributed by atoms with Crippen molar-refractivity contribution in [2.45, 2.75) is 49.8 Å². The Labute approximate surface area is 254 Å². The van der Waals surface area contributed by atoms with Crippen LogP contribution < -0.4 is 30.8 Å². The number of hydrogen-bond donors (Lipinski definition) is 2. The lowest BCUT2D eigenvalue weighted by molar-refractivity contribution is 0.0539. The Morgan fingerprint density at radius 1 is 1.05 bits per heavy atom. The summed E-state index contributed by atoms with van der Waals surface area (Å²) in [5.41, 5.74) is 4.74. The van der Waals surface area contributed by atoms with E-state index in [0.29, 0.717) is 5.56 Å². The van der Waals surface area contributed by atoms with Gasteiger partial charge in [0.1, 0.15) is 11.6 Å². The molecule has 0 bridgehead atoms. The quantitative estimate of drug-likeness (QED) is 0.257. The molecule has 3 aromatic carbocycles. The SMILES string of the molecule is NC(=O)c1cc2c(c(F)c1-c1c(Cl)c(F)cc3c1C[C@](c1ccccc1)([C@@H]1CCCN1)O3)Oc1c(cnn(C3CC3)c1=O)O2. The summed E-state index contributed by atoms with van der Waals surface area (Å²) in [7, 11) is 0. The highest BCUT2D eigenvalue weighted by molar-refractivity contribution is 6.34. The van der Waals surface area contributed by atoms with Gasteiger partial charge in [-0.15, -0.1) is 0 Å². The van der Waals surface area contributed by atoms with E-state index in [9.17, 15) is 9.59 Å². The van der Waals surface area contributed by atoms with Gasteiger partial charge in [-0.1, -0.05) is 41.9 Å². The molecule has 0 unspecified atom stereocenters. The second-order valence-corrected chi connectivity index (χ2v) is 11.9. The average molecular weight is 619 g/mol. The number of carbonyl (C=O) groups is 1. The highest BCUT2D eigenvalue weighted by Gasteiger charge is 2.50. The van der Waals surface area contributed by atoms with Crippen LogP contribution in [0.15, 0.2) is 53.5 Å². The summed E-state index contributed by atoms with van der Waals surface area (Å²) in [6, 6.07) is 11.7. The van der Waals surface area contributed by atoms with Crippen molar-refractivity contribution in [2.24, 2.45) is 5.73 Å². The Morgan fingerprint density at radius 3 is 2.55 bits per heavy atom. The topological polar surface area (TPSA) is 118 Å². The van der Waals surface area contributed by atoms with Gasteiger partial charge in [0.05, 0.1) is 28.9 Å². The Bertz CT molecular complexity index is 1940. The molecule has 0 spiro atoms. The van der Waals surface area contributed by atoms with E-state index in [2.05, 4.69) is 10.4 Å². The van der Waals surface area contributed by atoms with Crippen molar-refractivity contribution in [3.8, 4) is 39.9 Å². The summed E-state index contributed by atoms with van der Waals surface area (Å²) in [4.78, 5) is 26.0. The summed E-state index contributed by atoms with van der Waals surface area (Å²) in [5.74, 6) is -3.69. The Hall–Kier alpha value is -4.48. The Kier molecular flexibility index (Phi) is 6.01. The third kappa shape index (κ3) is 3.95. The number of nitrogens with zero attached hydrogens (tertiary/aromatic N) is 2. The van der Waals surface area contributed by atoms with E-state index in [-0.39, 0.29) is 58.2 Å². The molecule has 8 rings (SSSR count). The molecule has 44 heavy (non-hydrogen) atoms. The predicted octanol–water partition coefficient (Wildman–Crippen LogP) is 5.76. The van der Waals surface area contributed by atoms with Gasteiger partial charge in [0.25, 0.3) is 0 Å². The van der Waals surface area contributed by atoms with Crippen molar-refractivity contribution in [2.75, 3.05) is 6.54 Å². The molecular weight excluding hydrogens is 594 g/mol. The molecule has 3 N–H and O–H groups in total. The van der Waals surface area contributed by atoms with Crippen LogP contribution in [0.3, 0.4) is 0 Å². The molecule has 1 saturated carbocycles. The summed E-state index contributed by atoms with van der Waals surface area (Å²) < 4.78 is 51.9. The number of rotatable bonds is 5. The molecule has 4 heterocycles. The molecule has 0 radical (unpaired) electrons. The number of nitrogens with two attached hydrogens (primary N) is 1. The summed E-state index contributed by atoms with van der Waals surface area (Å²) >= 11 is 6.61. The Morgan fingerprint density at radius 2 is 1.84 bits per heavy atom. The molecule has 4 aromatic rings. The zero-order valence-electron chi connectivity index (χ0n) is 23.2. The molecule has 9 nitrogen and oxygen atoms in total. The summed E-state index contributed by atoms with van der Waals surface area (Å²) in [6.45, 7) is 0.781. The van der Waals surface area contributed by atoms with E-state index in [0.717, 1.165) is 37.8 Å². The number of nitrogens with one attached hydrogen (secondary N) is 1. The molecule has 1 aliphatic carbocycles. The summed E-state index contributed by atoms with van der Waals surface area (Å²) in [6.07, 6.45) is 4.80. The number of ether oxygens (including phenoxy) is 3. The van der Waals surface area contributed by atoms with Gasteiger partial charge < -0.3 is 25.3 Å². The molecule has 3 aliphatic heterocycles. The fraction of sp³-hybridized carbons (Fsp3) is 0.281. The molecular formula is C32H25ClF2N4O5. The highest BCUT2D eigenvalue weighted by atomic mass is 35.5. The van der Waals surface area contributed by atoms with Gasteiger partial charge in [0.2, 0.25) is 17.4 Å². The molecule has 12 heteroatoms. The second kappa shape index (κ2) is 9.76. The lowest BCUT2D eigenvalue weighted by Gasteiger charge is -2.35. The lowest BCUT2D eigenvalue weighted by atomic mass is 9.80. The smallest absolute Gasteiger partial charge is 0.313 e. The molecule has 2 atom stereocenters. The van der Waals surface area contributed by atoms with Crippen molar-refractivity contribution >= 4 is 17.5 Å². The van der Waals surface area contributed by atoms with Crippen molar-refractivity contribution in [1.29, 1.82) is 0 Å². The predicted molar refractivity (Wildman–Crippen MR) is 156 cm³/mol. The standard InChI is InChI=1S/C32H25ClF2N4O5/c33-26-19(34)12-20-18(13-32(44-20,23-7-4-10-37-23)15-5-2-1-3-6-15)24(26)25-17(30(36)40)11-21-28(27(25)35)43-29-22(42-21)14-38-39(31(29)41)16-8-9-16/h1-3,5-6,11-12,14,16,23,37H,4,7-10,13H2,(H2,36,40)/t23-,32-/m0/s1. The molecule has 4 aliphatic rings. The molecule has 224 valence electrons. The van der Waals surface area contributed by atoms with Crippen molar-refractivity contribution in [3.05, 3.63) is 92.4 Å². The zero-order valence-corrected chi connectivity index (χ0v) is 23.9. The Balaban J connectivity index is 1.32. The number of hydrogen-bond acceptors (Lipinski definition) is 7. The van der Waals surface area contributed by atoms with Gasteiger partial charge in [-0.3, -0.25) is 9.59 Å². The summed E-state index contributed by atoms with van der Waals surface area (Å²) in [5, 5.41) is 7.23. The number of aromatic nitrogens is 2. The van der Waals surface area contributed by atoms with Gasteiger partial charge >= 0.3 is 5.56 Å². The van der Waals surface area contributed by atoms with Crippen LogP contribution in [0.25, 0.3) is 11.1 Å². The molecule has 1 saturated heterocycles. The maximum atomic E-state index is 16.8. The van der Waals surface area contributed by atoms with Crippen LogP contribution in [0.5, 0.6) is 28.7 Å². The van der Waals surface area contributed by atoms with Gasteiger partial charge in [-0.25, -0.2) is 13.5 Å². The van der Waals surface area contributed by atoms with E-state index in [1.54, 1.807) is 0 Å². The van der Waals surface area contributed by atoms with Crippen LogP contribution in [0.2, 0.25) is 5.02 Å². The minimum atomic E-state index is -1.08. The van der Waals surface area contributed by atoms with Crippen LogP contribution in [0.4, 0.5) is 8.78 Å². The van der Waals surface area contributed by atoms with E-state index < -0.39 is 39.5 Å². The van der Waals surface area contributed by atoms with Crippen LogP contribution in [0.1, 0.15) is 53.2 Å². The van der Waals surface area contributed by atoms with Crippen molar-refractivity contribution < 1.29 is 27.8 Å². The third-order valence-corrected chi connectivity index (χ3v) is 9.22. The molecule has 1 aromatic heterocycles. The first-order chi connectivity index (χ1) is 21.3. The van der Waals surface area contributed by atoms with Crippen molar-refractivity contribution in [3.63, 3.8) is 0 Å². The highest BCUT2D eigenvalue weighted by Crippen LogP contribution is 2.55. The fourth-order valence-electron chi connectivity index (χ4n) is 6.64. The first kappa shape index (κ1) is 27.1. The van der Waals surface area contributed by atoms with Gasteiger partial charge in [0, 0.05) is 29.2 Å².